The first-order chi connectivity index (χ1) is 7.53. The quantitative estimate of drug-likeness (QED) is 0.497. The molecule has 16 heavy (non-hydrogen) atoms. The molecule has 0 saturated heterocycles. The summed E-state index contributed by atoms with van der Waals surface area (Å²) in [5, 5.41) is 11.7. The minimum Gasteiger partial charge on any atom is -0.476 e. The van der Waals surface area contributed by atoms with Gasteiger partial charge >= 0.3 is 5.97 Å². The second kappa shape index (κ2) is 5.99. The largest absolute Gasteiger partial charge is 0.476 e. The third-order valence-electron chi connectivity index (χ3n) is 2.96. The van der Waals surface area contributed by atoms with Gasteiger partial charge in [0.05, 0.1) is 0 Å². The maximum Gasteiger partial charge on any atom is 0.364 e. The number of halogens is 1. The Balaban J connectivity index is 1.92. The third kappa shape index (κ3) is 5.26. The molecule has 0 heterocycles. The summed E-state index contributed by atoms with van der Waals surface area (Å²) in [6.45, 7) is 3.22. The van der Waals surface area contributed by atoms with Crippen molar-refractivity contribution in [2.75, 3.05) is 6.54 Å². The van der Waals surface area contributed by atoms with E-state index in [1.54, 1.807) is 0 Å². The summed E-state index contributed by atoms with van der Waals surface area (Å²) >= 11 is 0. The van der Waals surface area contributed by atoms with Crippen LogP contribution in [0.3, 0.4) is 0 Å². The predicted octanol–water partition coefficient (Wildman–Crippen LogP) is 2.63. The summed E-state index contributed by atoms with van der Waals surface area (Å²) in [6.07, 6.45) is 7.11. The third-order valence-corrected chi connectivity index (χ3v) is 2.96. The molecular formula is C12H20FNO2. The number of carboxylic acid groups (broad SMARTS) is 1. The molecule has 1 aliphatic carbocycles. The molecular weight excluding hydrogens is 209 g/mol. The Hall–Kier alpha value is -0.900. The van der Waals surface area contributed by atoms with Crippen LogP contribution in [0.15, 0.2) is 11.9 Å². The van der Waals surface area contributed by atoms with Crippen molar-refractivity contribution >= 4 is 5.97 Å². The van der Waals surface area contributed by atoms with E-state index in [9.17, 15) is 9.18 Å². The minimum absolute atomic E-state index is 0.384. The molecule has 0 unspecified atom stereocenters. The number of carboxylic acids is 1. The maximum atomic E-state index is 12.5. The number of allylic oxidation sites excluding steroid dienone is 1. The Labute approximate surface area is 95.7 Å². The number of rotatable bonds is 8. The van der Waals surface area contributed by atoms with Crippen LogP contribution in [0.4, 0.5) is 4.39 Å². The summed E-state index contributed by atoms with van der Waals surface area (Å²) in [4.78, 5) is 10.1. The summed E-state index contributed by atoms with van der Waals surface area (Å²) in [5.74, 6) is -2.51. The summed E-state index contributed by atoms with van der Waals surface area (Å²) in [5.41, 5.74) is 0.384. The first kappa shape index (κ1) is 13.2. The van der Waals surface area contributed by atoms with Crippen molar-refractivity contribution in [3.8, 4) is 0 Å². The number of carbonyl (C=O) groups is 1. The Kier molecular flexibility index (Phi) is 4.93. The van der Waals surface area contributed by atoms with Gasteiger partial charge in [-0.1, -0.05) is 6.42 Å². The zero-order chi connectivity index (χ0) is 12.0. The Bertz CT molecular complexity index is 272. The maximum absolute atomic E-state index is 12.5. The van der Waals surface area contributed by atoms with E-state index in [2.05, 4.69) is 12.2 Å². The molecule has 1 aliphatic rings. The number of aliphatic carboxylic acids is 1. The van der Waals surface area contributed by atoms with Gasteiger partial charge in [-0.25, -0.2) is 4.79 Å². The van der Waals surface area contributed by atoms with E-state index in [1.165, 1.54) is 12.8 Å². The molecule has 3 nitrogen and oxygen atoms in total. The van der Waals surface area contributed by atoms with Crippen molar-refractivity contribution in [3.05, 3.63) is 11.9 Å². The molecule has 1 rings (SSSR count). The van der Waals surface area contributed by atoms with Crippen LogP contribution in [-0.2, 0) is 4.79 Å². The lowest BCUT2D eigenvalue weighted by Crippen LogP contribution is -2.28. The summed E-state index contributed by atoms with van der Waals surface area (Å²) in [6, 6.07) is 0. The molecule has 1 saturated carbocycles. The van der Waals surface area contributed by atoms with Crippen molar-refractivity contribution in [2.45, 2.75) is 51.0 Å². The van der Waals surface area contributed by atoms with Gasteiger partial charge in [-0.15, -0.1) is 0 Å². The lowest BCUT2D eigenvalue weighted by atomic mass is 10.1. The van der Waals surface area contributed by atoms with Crippen LogP contribution in [0.2, 0.25) is 0 Å². The first-order valence-corrected chi connectivity index (χ1v) is 5.87. The number of nitrogens with one attached hydrogen (secondary N) is 1. The highest BCUT2D eigenvalue weighted by Gasteiger charge is 2.35. The fourth-order valence-corrected chi connectivity index (χ4v) is 1.52. The number of hydrogen-bond donors (Lipinski definition) is 2. The molecule has 0 spiro atoms. The van der Waals surface area contributed by atoms with Crippen molar-refractivity contribution in [1.82, 2.24) is 5.32 Å². The SMILES string of the molecule is CC1(NCCCCC/C=C(\F)C(=O)O)CC1. The van der Waals surface area contributed by atoms with E-state index in [0.717, 1.165) is 31.9 Å². The molecule has 92 valence electrons. The predicted molar refractivity (Wildman–Crippen MR) is 60.9 cm³/mol. The highest BCUT2D eigenvalue weighted by molar-refractivity contribution is 5.83. The van der Waals surface area contributed by atoms with E-state index in [-0.39, 0.29) is 0 Å². The molecule has 0 radical (unpaired) electrons. The Morgan fingerprint density at radius 3 is 2.69 bits per heavy atom. The van der Waals surface area contributed by atoms with Crippen molar-refractivity contribution in [1.29, 1.82) is 0 Å². The zero-order valence-electron chi connectivity index (χ0n) is 9.76. The molecule has 0 bridgehead atoms. The van der Waals surface area contributed by atoms with Gasteiger partial charge in [0.15, 0.2) is 0 Å². The minimum atomic E-state index is -1.47. The molecule has 0 aromatic carbocycles. The van der Waals surface area contributed by atoms with Gasteiger partial charge in [0.1, 0.15) is 0 Å². The van der Waals surface area contributed by atoms with Crippen LogP contribution in [0.1, 0.15) is 45.4 Å². The van der Waals surface area contributed by atoms with E-state index in [1.807, 2.05) is 0 Å². The molecule has 2 N–H and O–H groups in total. The smallest absolute Gasteiger partial charge is 0.364 e. The number of hydrogen-bond acceptors (Lipinski definition) is 2. The van der Waals surface area contributed by atoms with Gasteiger partial charge < -0.3 is 10.4 Å². The summed E-state index contributed by atoms with van der Waals surface area (Å²) in [7, 11) is 0. The van der Waals surface area contributed by atoms with Gasteiger partial charge in [-0.05, 0) is 51.6 Å². The van der Waals surface area contributed by atoms with Gasteiger partial charge in [0.2, 0.25) is 5.83 Å². The van der Waals surface area contributed by atoms with Gasteiger partial charge in [0.25, 0.3) is 0 Å². The fourth-order valence-electron chi connectivity index (χ4n) is 1.52. The normalized spacial score (nSPS) is 18.5. The van der Waals surface area contributed by atoms with Crippen LogP contribution < -0.4 is 5.32 Å². The van der Waals surface area contributed by atoms with E-state index < -0.39 is 11.8 Å². The first-order valence-electron chi connectivity index (χ1n) is 5.87. The molecule has 0 amide bonds. The van der Waals surface area contributed by atoms with Gasteiger partial charge in [0, 0.05) is 5.54 Å². The molecule has 0 aliphatic heterocycles. The van der Waals surface area contributed by atoms with Crippen LogP contribution in [0.25, 0.3) is 0 Å². The lowest BCUT2D eigenvalue weighted by Gasteiger charge is -2.10. The van der Waals surface area contributed by atoms with Crippen LogP contribution >= 0.6 is 0 Å². The van der Waals surface area contributed by atoms with Gasteiger partial charge in [-0.3, -0.25) is 0 Å². The summed E-state index contributed by atoms with van der Waals surface area (Å²) < 4.78 is 12.5. The molecule has 0 aromatic rings. The van der Waals surface area contributed by atoms with Crippen LogP contribution in [0, 0.1) is 0 Å². The Morgan fingerprint density at radius 1 is 1.44 bits per heavy atom. The lowest BCUT2D eigenvalue weighted by molar-refractivity contribution is -0.134. The topological polar surface area (TPSA) is 49.3 Å². The van der Waals surface area contributed by atoms with Crippen LogP contribution in [0.5, 0.6) is 0 Å². The molecule has 1 fully saturated rings. The monoisotopic (exact) mass is 229 g/mol. The fraction of sp³-hybridized carbons (Fsp3) is 0.750. The molecule has 0 aromatic heterocycles. The highest BCUT2D eigenvalue weighted by Crippen LogP contribution is 2.34. The van der Waals surface area contributed by atoms with Crippen molar-refractivity contribution in [3.63, 3.8) is 0 Å². The van der Waals surface area contributed by atoms with Crippen molar-refractivity contribution < 1.29 is 14.3 Å². The van der Waals surface area contributed by atoms with Gasteiger partial charge in [-0.2, -0.15) is 4.39 Å². The van der Waals surface area contributed by atoms with Crippen LogP contribution in [-0.4, -0.2) is 23.2 Å². The van der Waals surface area contributed by atoms with E-state index in [4.69, 9.17) is 5.11 Å². The van der Waals surface area contributed by atoms with E-state index >= 15 is 0 Å². The molecule has 4 heteroatoms. The average molecular weight is 229 g/mol. The zero-order valence-corrected chi connectivity index (χ0v) is 9.76. The standard InChI is InChI=1S/C12H20FNO2/c1-12(7-8-12)14-9-5-3-2-4-6-10(13)11(15)16/h6,14H,2-5,7-9H2,1H3,(H,15,16)/b10-6-. The second-order valence-corrected chi connectivity index (χ2v) is 4.69. The van der Waals surface area contributed by atoms with E-state index in [0.29, 0.717) is 12.0 Å². The van der Waals surface area contributed by atoms with Crippen molar-refractivity contribution in [2.24, 2.45) is 0 Å². The Morgan fingerprint density at radius 2 is 2.12 bits per heavy atom. The second-order valence-electron chi connectivity index (χ2n) is 4.69. The number of unbranched alkanes of at least 4 members (excludes halogenated alkanes) is 3. The highest BCUT2D eigenvalue weighted by atomic mass is 19.1. The molecule has 0 atom stereocenters. The average Bonchev–Trinajstić information content (AvgIpc) is 2.95.